The van der Waals surface area contributed by atoms with Gasteiger partial charge in [0, 0.05) is 37.3 Å². The molecule has 2 aromatic rings. The van der Waals surface area contributed by atoms with Crippen molar-refractivity contribution in [2.24, 2.45) is 0 Å². The lowest BCUT2D eigenvalue weighted by molar-refractivity contribution is -0.129. The number of cyclic esters (lactones) is 1. The third kappa shape index (κ3) is 5.74. The number of rotatable bonds is 9. The Morgan fingerprint density at radius 1 is 1.21 bits per heavy atom. The topological polar surface area (TPSA) is 73.6 Å². The number of likely N-dealkylation sites (N-methyl/N-ethyl adjacent to an activating group) is 2. The number of nitriles is 1. The SMILES string of the molecule is CCN(CCN(C)C(=O)Cc1cc(F)c(C#N)cc1F)C(C)Cc1ccc2c(c1)COC2=O. The molecular formula is C25H27F2N3O3. The predicted molar refractivity (Wildman–Crippen MR) is 118 cm³/mol. The van der Waals surface area contributed by atoms with Crippen LogP contribution in [-0.4, -0.2) is 54.4 Å². The second-order valence-electron chi connectivity index (χ2n) is 8.28. The zero-order valence-electron chi connectivity index (χ0n) is 19.0. The Kier molecular flexibility index (Phi) is 7.77. The fraction of sp³-hybridized carbons (Fsp3) is 0.400. The van der Waals surface area contributed by atoms with Crippen LogP contribution in [-0.2, 0) is 29.0 Å². The average Bonchev–Trinajstić information content (AvgIpc) is 3.16. The van der Waals surface area contributed by atoms with Crippen LogP contribution in [0.4, 0.5) is 8.78 Å². The molecule has 0 fully saturated rings. The van der Waals surface area contributed by atoms with Gasteiger partial charge in [-0.05, 0) is 43.7 Å². The molecule has 1 aliphatic heterocycles. The number of hydrogen-bond acceptors (Lipinski definition) is 5. The van der Waals surface area contributed by atoms with Crippen molar-refractivity contribution in [2.45, 2.75) is 39.3 Å². The van der Waals surface area contributed by atoms with E-state index in [1.807, 2.05) is 19.1 Å². The van der Waals surface area contributed by atoms with Gasteiger partial charge < -0.3 is 9.64 Å². The summed E-state index contributed by atoms with van der Waals surface area (Å²) in [6.45, 7) is 6.30. The Balaban J connectivity index is 1.55. The molecule has 0 aliphatic carbocycles. The first-order chi connectivity index (χ1) is 15.7. The molecule has 0 bridgehead atoms. The van der Waals surface area contributed by atoms with E-state index >= 15 is 0 Å². The predicted octanol–water partition coefficient (Wildman–Crippen LogP) is 3.46. The summed E-state index contributed by atoms with van der Waals surface area (Å²) in [5.74, 6) is -2.21. The van der Waals surface area contributed by atoms with Gasteiger partial charge in [-0.15, -0.1) is 0 Å². The molecule has 8 heteroatoms. The molecule has 1 unspecified atom stereocenters. The minimum atomic E-state index is -0.835. The first kappa shape index (κ1) is 24.3. The molecule has 0 saturated heterocycles. The van der Waals surface area contributed by atoms with E-state index in [9.17, 15) is 18.4 Å². The van der Waals surface area contributed by atoms with Gasteiger partial charge in [0.25, 0.3) is 0 Å². The summed E-state index contributed by atoms with van der Waals surface area (Å²) in [7, 11) is 1.64. The second kappa shape index (κ2) is 10.5. The van der Waals surface area contributed by atoms with E-state index < -0.39 is 11.6 Å². The molecule has 0 N–H and O–H groups in total. The van der Waals surface area contributed by atoms with E-state index in [0.717, 1.165) is 36.2 Å². The third-order valence-corrected chi connectivity index (χ3v) is 6.06. The van der Waals surface area contributed by atoms with E-state index in [0.29, 0.717) is 25.3 Å². The molecule has 0 radical (unpaired) electrons. The number of halogens is 2. The van der Waals surface area contributed by atoms with Gasteiger partial charge in [0.1, 0.15) is 24.3 Å². The second-order valence-corrected chi connectivity index (χ2v) is 8.28. The minimum absolute atomic E-state index is 0.0665. The van der Waals surface area contributed by atoms with Crippen LogP contribution in [0.2, 0.25) is 0 Å². The Bertz CT molecular complexity index is 1100. The van der Waals surface area contributed by atoms with Gasteiger partial charge in [-0.3, -0.25) is 9.69 Å². The lowest BCUT2D eigenvalue weighted by Crippen LogP contribution is -2.41. The lowest BCUT2D eigenvalue weighted by Gasteiger charge is -2.30. The molecule has 0 spiro atoms. The van der Waals surface area contributed by atoms with Crippen LogP contribution in [0.1, 0.15) is 46.5 Å². The average molecular weight is 456 g/mol. The van der Waals surface area contributed by atoms with E-state index in [-0.39, 0.29) is 35.5 Å². The lowest BCUT2D eigenvalue weighted by atomic mass is 10.0. The fourth-order valence-corrected chi connectivity index (χ4v) is 3.98. The van der Waals surface area contributed by atoms with Crippen LogP contribution >= 0.6 is 0 Å². The van der Waals surface area contributed by atoms with Crippen LogP contribution in [0.5, 0.6) is 0 Å². The van der Waals surface area contributed by atoms with Gasteiger partial charge in [0.15, 0.2) is 0 Å². The highest BCUT2D eigenvalue weighted by molar-refractivity contribution is 5.93. The normalized spacial score (nSPS) is 13.4. The first-order valence-corrected chi connectivity index (χ1v) is 10.9. The van der Waals surface area contributed by atoms with Crippen LogP contribution in [0.3, 0.4) is 0 Å². The largest absolute Gasteiger partial charge is 0.457 e. The smallest absolute Gasteiger partial charge is 0.338 e. The summed E-state index contributed by atoms with van der Waals surface area (Å²) >= 11 is 0. The summed E-state index contributed by atoms with van der Waals surface area (Å²) < 4.78 is 33.0. The molecule has 6 nitrogen and oxygen atoms in total. The van der Waals surface area contributed by atoms with Crippen molar-refractivity contribution in [3.63, 3.8) is 0 Å². The highest BCUT2D eigenvalue weighted by Gasteiger charge is 2.22. The van der Waals surface area contributed by atoms with Crippen LogP contribution in [0.15, 0.2) is 30.3 Å². The number of fused-ring (bicyclic) bond motifs is 1. The third-order valence-electron chi connectivity index (χ3n) is 6.06. The number of esters is 1. The van der Waals surface area contributed by atoms with Gasteiger partial charge in [0.05, 0.1) is 17.5 Å². The summed E-state index contributed by atoms with van der Waals surface area (Å²) in [5, 5.41) is 8.78. The Labute approximate surface area is 192 Å². The molecule has 2 aromatic carbocycles. The molecule has 3 rings (SSSR count). The van der Waals surface area contributed by atoms with Crippen molar-refractivity contribution in [3.8, 4) is 6.07 Å². The van der Waals surface area contributed by atoms with Gasteiger partial charge in [-0.1, -0.05) is 19.1 Å². The van der Waals surface area contributed by atoms with Crippen molar-refractivity contribution in [1.82, 2.24) is 9.80 Å². The maximum atomic E-state index is 14.1. The zero-order valence-corrected chi connectivity index (χ0v) is 19.0. The van der Waals surface area contributed by atoms with Crippen molar-refractivity contribution >= 4 is 11.9 Å². The number of benzene rings is 2. The van der Waals surface area contributed by atoms with E-state index in [1.54, 1.807) is 19.2 Å². The van der Waals surface area contributed by atoms with Gasteiger partial charge in [0.2, 0.25) is 5.91 Å². The maximum Gasteiger partial charge on any atom is 0.338 e. The van der Waals surface area contributed by atoms with Crippen molar-refractivity contribution in [1.29, 1.82) is 5.26 Å². The first-order valence-electron chi connectivity index (χ1n) is 10.9. The standard InChI is InChI=1S/C25H27F2N3O3/c1-4-30(16(2)9-17-5-6-21-20(10-17)15-33-25(21)32)8-7-29(3)24(31)13-18-11-23(27)19(14-28)12-22(18)26/h5-6,10-12,16H,4,7-9,13,15H2,1-3H3. The number of carbonyl (C=O) groups is 2. The molecule has 1 amide bonds. The van der Waals surface area contributed by atoms with Crippen LogP contribution in [0.25, 0.3) is 0 Å². The number of carbonyl (C=O) groups excluding carboxylic acids is 2. The number of ether oxygens (including phenoxy) is 1. The summed E-state index contributed by atoms with van der Waals surface area (Å²) in [6, 6.07) is 9.26. The zero-order chi connectivity index (χ0) is 24.1. The molecule has 33 heavy (non-hydrogen) atoms. The number of amides is 1. The van der Waals surface area contributed by atoms with E-state index in [1.165, 1.54) is 4.90 Å². The van der Waals surface area contributed by atoms with Crippen molar-refractivity contribution in [2.75, 3.05) is 26.7 Å². The summed E-state index contributed by atoms with van der Waals surface area (Å²) in [5.41, 5.74) is 2.19. The summed E-state index contributed by atoms with van der Waals surface area (Å²) in [4.78, 5) is 27.9. The van der Waals surface area contributed by atoms with Gasteiger partial charge in [-0.25, -0.2) is 13.6 Å². The Hall–Kier alpha value is -3.31. The van der Waals surface area contributed by atoms with Crippen LogP contribution in [0, 0.1) is 23.0 Å². The number of hydrogen-bond donors (Lipinski definition) is 0. The number of nitrogens with zero attached hydrogens (tertiary/aromatic N) is 3. The quantitative estimate of drug-likeness (QED) is 0.542. The minimum Gasteiger partial charge on any atom is -0.457 e. The highest BCUT2D eigenvalue weighted by Crippen LogP contribution is 2.22. The van der Waals surface area contributed by atoms with Crippen molar-refractivity contribution < 1.29 is 23.1 Å². The highest BCUT2D eigenvalue weighted by atomic mass is 19.1. The van der Waals surface area contributed by atoms with Crippen molar-refractivity contribution in [3.05, 3.63) is 69.8 Å². The Morgan fingerprint density at radius 3 is 2.67 bits per heavy atom. The molecule has 1 heterocycles. The van der Waals surface area contributed by atoms with Gasteiger partial charge in [-0.2, -0.15) is 5.26 Å². The molecule has 1 atom stereocenters. The fourth-order valence-electron chi connectivity index (χ4n) is 3.98. The molecule has 1 aliphatic rings. The maximum absolute atomic E-state index is 14.1. The van der Waals surface area contributed by atoms with E-state index in [4.69, 9.17) is 10.00 Å². The monoisotopic (exact) mass is 455 g/mol. The molecular weight excluding hydrogens is 428 g/mol. The van der Waals surface area contributed by atoms with E-state index in [2.05, 4.69) is 11.8 Å². The summed E-state index contributed by atoms with van der Waals surface area (Å²) in [6.07, 6.45) is 0.505. The molecule has 174 valence electrons. The Morgan fingerprint density at radius 2 is 1.97 bits per heavy atom. The molecule has 0 aromatic heterocycles. The van der Waals surface area contributed by atoms with Crippen LogP contribution < -0.4 is 0 Å². The molecule has 0 saturated carbocycles. The van der Waals surface area contributed by atoms with Gasteiger partial charge >= 0.3 is 5.97 Å².